The monoisotopic (exact) mass is 794 g/mol. The van der Waals surface area contributed by atoms with Crippen molar-refractivity contribution in [2.45, 2.75) is 84.2 Å². The number of piperidine rings is 1. The Bertz CT molecular complexity index is 2260. The summed E-state index contributed by atoms with van der Waals surface area (Å²) in [5, 5.41) is 40.3. The van der Waals surface area contributed by atoms with E-state index in [0.29, 0.717) is 48.2 Å². The third kappa shape index (κ3) is 8.48. The van der Waals surface area contributed by atoms with Crippen LogP contribution in [0.5, 0.6) is 5.75 Å². The number of aromatic nitrogens is 5. The van der Waals surface area contributed by atoms with Crippen molar-refractivity contribution < 1.29 is 24.6 Å². The van der Waals surface area contributed by atoms with E-state index in [0.717, 1.165) is 21.7 Å². The maximum absolute atomic E-state index is 14.2. The fourth-order valence-corrected chi connectivity index (χ4v) is 8.62. The number of aliphatic hydroxyl groups is 1. The van der Waals surface area contributed by atoms with E-state index in [1.807, 2.05) is 86.1 Å². The molecule has 5 aromatic rings. The minimum Gasteiger partial charge on any atom is -0.507 e. The molecule has 0 spiro atoms. The van der Waals surface area contributed by atoms with Crippen LogP contribution < -0.4 is 16.4 Å². The van der Waals surface area contributed by atoms with E-state index < -0.39 is 29.5 Å². The molecule has 15 nitrogen and oxygen atoms in total. The number of hydrogen-bond donors (Lipinski definition) is 5. The Morgan fingerprint density at radius 1 is 1.04 bits per heavy atom. The first-order chi connectivity index (χ1) is 27.2. The highest BCUT2D eigenvalue weighted by atomic mass is 32.1. The van der Waals surface area contributed by atoms with Crippen LogP contribution in [0.25, 0.3) is 32.7 Å². The first kappa shape index (κ1) is 39.8. The lowest BCUT2D eigenvalue weighted by molar-refractivity contribution is -0.144. The van der Waals surface area contributed by atoms with Crippen molar-refractivity contribution in [2.75, 3.05) is 31.9 Å². The molecule has 3 aromatic heterocycles. The van der Waals surface area contributed by atoms with E-state index in [9.17, 15) is 24.6 Å². The van der Waals surface area contributed by atoms with Gasteiger partial charge < -0.3 is 31.5 Å². The molecule has 2 saturated heterocycles. The van der Waals surface area contributed by atoms with Gasteiger partial charge in [-0.05, 0) is 61.4 Å². The Balaban J connectivity index is 0.968. The molecule has 3 amide bonds. The molecular weight excluding hydrogens is 745 g/mol. The second-order valence-electron chi connectivity index (χ2n) is 16.2. The average Bonchev–Trinajstić information content (AvgIpc) is 3.89. The van der Waals surface area contributed by atoms with Gasteiger partial charge in [0.05, 0.1) is 52.0 Å². The number of rotatable bonds is 10. The number of carbonyl (C=O) groups excluding carboxylic acids is 3. The highest BCUT2D eigenvalue weighted by molar-refractivity contribution is 7.13. The molecule has 0 unspecified atom stereocenters. The number of aryl methyl sites for hydroxylation is 1. The number of para-hydroxylation sites is 1. The lowest BCUT2D eigenvalue weighted by Crippen LogP contribution is -2.59. The zero-order valence-corrected chi connectivity index (χ0v) is 33.7. The lowest BCUT2D eigenvalue weighted by Gasteiger charge is -2.36. The molecule has 57 heavy (non-hydrogen) atoms. The number of aromatic hydroxyl groups is 1. The highest BCUT2D eigenvalue weighted by Crippen LogP contribution is 2.33. The molecule has 0 radical (unpaired) electrons. The van der Waals surface area contributed by atoms with Crippen LogP contribution >= 0.6 is 11.3 Å². The van der Waals surface area contributed by atoms with Gasteiger partial charge in [-0.1, -0.05) is 57.2 Å². The average molecular weight is 795 g/mol. The minimum atomic E-state index is -0.930. The molecule has 300 valence electrons. The summed E-state index contributed by atoms with van der Waals surface area (Å²) in [4.78, 5) is 50.4. The summed E-state index contributed by atoms with van der Waals surface area (Å²) < 4.78 is 1.87. The van der Waals surface area contributed by atoms with Crippen LogP contribution in [0.2, 0.25) is 0 Å². The van der Waals surface area contributed by atoms with Gasteiger partial charge in [-0.25, -0.2) is 4.98 Å². The summed E-state index contributed by atoms with van der Waals surface area (Å²) in [6.45, 7) is 10.8. The van der Waals surface area contributed by atoms with Crippen molar-refractivity contribution in [1.82, 2.24) is 45.4 Å². The van der Waals surface area contributed by atoms with Crippen LogP contribution in [-0.2, 0) is 14.4 Å². The Morgan fingerprint density at radius 3 is 2.42 bits per heavy atom. The number of hydrogen-bond acceptors (Lipinski definition) is 12. The Morgan fingerprint density at radius 2 is 1.75 bits per heavy atom. The molecule has 2 aliphatic heterocycles. The number of phenols is 1. The van der Waals surface area contributed by atoms with E-state index in [-0.39, 0.29) is 55.0 Å². The fraction of sp³-hybridized carbons (Fsp3) is 0.439. The van der Waals surface area contributed by atoms with E-state index in [2.05, 4.69) is 30.9 Å². The first-order valence-electron chi connectivity index (χ1n) is 19.3. The second kappa shape index (κ2) is 16.2. The van der Waals surface area contributed by atoms with E-state index in [4.69, 9.17) is 5.73 Å². The largest absolute Gasteiger partial charge is 0.507 e. The predicted octanol–water partition coefficient (Wildman–Crippen LogP) is 4.22. The summed E-state index contributed by atoms with van der Waals surface area (Å²) in [6, 6.07) is 14.6. The molecule has 0 saturated carbocycles. The molecule has 5 heterocycles. The van der Waals surface area contributed by atoms with Gasteiger partial charge in [-0.2, -0.15) is 5.10 Å². The third-order valence-corrected chi connectivity index (χ3v) is 12.0. The number of anilines is 1. The Hall–Kier alpha value is -5.45. The van der Waals surface area contributed by atoms with Crippen LogP contribution in [0.1, 0.15) is 70.3 Å². The number of nitrogens with zero attached hydrogens (tertiary/aromatic N) is 7. The number of carbonyl (C=O) groups is 3. The Labute approximate surface area is 335 Å². The molecule has 2 aromatic carbocycles. The number of aliphatic hydroxyl groups excluding tert-OH is 1. The summed E-state index contributed by atoms with van der Waals surface area (Å²) in [5.74, 6) is -0.693. The van der Waals surface area contributed by atoms with Gasteiger partial charge in [-0.3, -0.25) is 24.0 Å². The maximum Gasteiger partial charge on any atom is 0.246 e. The molecule has 0 aliphatic carbocycles. The van der Waals surface area contributed by atoms with Crippen molar-refractivity contribution in [3.8, 4) is 27.4 Å². The van der Waals surface area contributed by atoms with Crippen LogP contribution in [0.4, 0.5) is 5.82 Å². The van der Waals surface area contributed by atoms with Gasteiger partial charge >= 0.3 is 0 Å². The molecule has 2 aliphatic rings. The number of nitrogens with one attached hydrogen (secondary N) is 2. The number of nitrogens with two attached hydrogens (primary N) is 1. The molecule has 6 N–H and O–H groups in total. The van der Waals surface area contributed by atoms with Gasteiger partial charge in [0.25, 0.3) is 0 Å². The van der Waals surface area contributed by atoms with E-state index in [1.165, 1.54) is 4.90 Å². The van der Waals surface area contributed by atoms with Crippen molar-refractivity contribution >= 4 is 45.9 Å². The zero-order chi connectivity index (χ0) is 40.6. The quantitative estimate of drug-likeness (QED) is 0.135. The van der Waals surface area contributed by atoms with Gasteiger partial charge in [0.1, 0.15) is 17.8 Å². The van der Waals surface area contributed by atoms with E-state index >= 15 is 0 Å². The van der Waals surface area contributed by atoms with Crippen molar-refractivity contribution in [3.05, 3.63) is 71.4 Å². The van der Waals surface area contributed by atoms with Crippen LogP contribution in [0.15, 0.2) is 60.1 Å². The van der Waals surface area contributed by atoms with Crippen molar-refractivity contribution in [2.24, 2.45) is 5.41 Å². The standard InChI is InChI=1S/C41H50N10O5S/c1-23(25-10-12-26(13-11-25)36-24(2)43-22-57-36)44-39(55)32-18-28(52)20-50(32)40(56)37(41(3,4)5)45-34(54)21-49-16-14-27(15-17-49)51-31-19-30(29-8-6-7-9-33(29)53)46-47-35(31)38(42)48-51/h6-13,19,22-23,27-28,32,37,52-53H,14-18,20-21H2,1-5H3,(H2,42,48)(H,44,55)(H,45,54)/t23-,28+,32-,37+/m0/s1. The summed E-state index contributed by atoms with van der Waals surface area (Å²) in [7, 11) is 0. The Kier molecular flexibility index (Phi) is 11.3. The van der Waals surface area contributed by atoms with Crippen LogP contribution in [-0.4, -0.2) is 107 Å². The van der Waals surface area contributed by atoms with E-state index in [1.54, 1.807) is 29.5 Å². The summed E-state index contributed by atoms with van der Waals surface area (Å²) in [6.07, 6.45) is 0.616. The minimum absolute atomic E-state index is 0.00360. The fourth-order valence-electron chi connectivity index (χ4n) is 7.80. The number of β-amino-alcohol motifs (C(OH)–C–C–N with tert-alkyl or cyclic N) is 1. The molecule has 7 rings (SSSR count). The van der Waals surface area contributed by atoms with Crippen LogP contribution in [0, 0.1) is 12.3 Å². The van der Waals surface area contributed by atoms with Gasteiger partial charge in [0.2, 0.25) is 17.7 Å². The summed E-state index contributed by atoms with van der Waals surface area (Å²) >= 11 is 1.58. The number of amides is 3. The third-order valence-electron chi connectivity index (χ3n) is 11.0. The molecule has 2 fully saturated rings. The molecule has 16 heteroatoms. The van der Waals surface area contributed by atoms with Gasteiger partial charge in [0, 0.05) is 31.6 Å². The number of benzene rings is 2. The SMILES string of the molecule is Cc1ncsc1-c1ccc([C@H](C)NC(=O)[C@@H]2C[C@@H](O)CN2C(=O)[C@@H](NC(=O)CN2CCC(n3nc(N)c4nnc(-c5ccccc5O)cc43)CC2)C(C)(C)C)cc1. The number of fused-ring (bicyclic) bond motifs is 1. The molecule has 0 bridgehead atoms. The number of phenolic OH excluding ortho intramolecular Hbond substituents is 1. The lowest BCUT2D eigenvalue weighted by atomic mass is 9.85. The van der Waals surface area contributed by atoms with Crippen LogP contribution in [0.3, 0.4) is 0 Å². The van der Waals surface area contributed by atoms with Gasteiger partial charge in [0.15, 0.2) is 11.3 Å². The first-order valence-corrected chi connectivity index (χ1v) is 20.2. The highest BCUT2D eigenvalue weighted by Gasteiger charge is 2.45. The predicted molar refractivity (Wildman–Crippen MR) is 218 cm³/mol. The molecule has 4 atom stereocenters. The maximum atomic E-state index is 14.2. The number of thiazole rings is 1. The van der Waals surface area contributed by atoms with Crippen molar-refractivity contribution in [1.29, 1.82) is 0 Å². The van der Waals surface area contributed by atoms with Gasteiger partial charge in [-0.15, -0.1) is 21.5 Å². The normalized spacial score (nSPS) is 19.1. The summed E-state index contributed by atoms with van der Waals surface area (Å²) in [5.41, 5.74) is 12.6. The smallest absolute Gasteiger partial charge is 0.246 e. The van der Waals surface area contributed by atoms with Crippen molar-refractivity contribution in [3.63, 3.8) is 0 Å². The second-order valence-corrected chi connectivity index (χ2v) is 17.1. The number of nitrogen functional groups attached to an aromatic ring is 1. The molecular formula is C41H50N10O5S. The topological polar surface area (TPSA) is 205 Å². The number of likely N-dealkylation sites (tertiary alicyclic amines) is 2. The zero-order valence-electron chi connectivity index (χ0n) is 32.8.